The lowest BCUT2D eigenvalue weighted by molar-refractivity contribution is -0.137. The van der Waals surface area contributed by atoms with E-state index in [4.69, 9.17) is 26.5 Å². The summed E-state index contributed by atoms with van der Waals surface area (Å²) in [5.41, 5.74) is 15.5. The van der Waals surface area contributed by atoms with Gasteiger partial charge >= 0.3 is 6.18 Å². The van der Waals surface area contributed by atoms with Crippen LogP contribution in [0.25, 0.3) is 161 Å². The van der Waals surface area contributed by atoms with Gasteiger partial charge in [-0.2, -0.15) is 13.2 Å². The second kappa shape index (κ2) is 22.7. The van der Waals surface area contributed by atoms with E-state index in [1.165, 1.54) is 6.07 Å². The van der Waals surface area contributed by atoms with Crippen molar-refractivity contribution in [1.82, 2.24) is 29.1 Å². The van der Waals surface area contributed by atoms with Crippen molar-refractivity contribution in [3.05, 3.63) is 320 Å². The number of hydrogen-bond donors (Lipinski definition) is 0. The molecule has 6 aromatic heterocycles. The Labute approximate surface area is 527 Å². The fraction of sp³-hybridized carbons (Fsp3) is 0.0122. The van der Waals surface area contributed by atoms with Crippen LogP contribution in [0.4, 0.5) is 18.9 Å². The number of hydrogen-bond acceptors (Lipinski definition) is 4. The summed E-state index contributed by atoms with van der Waals surface area (Å²) >= 11 is 0. The smallest absolute Gasteiger partial charge is 0.309 e. The Hall–Kier alpha value is -12.3. The fourth-order valence-corrected chi connectivity index (χ4v) is 12.8. The maximum Gasteiger partial charge on any atom is 0.418 e. The predicted octanol–water partition coefficient (Wildman–Crippen LogP) is 22.0. The molecular weight excluding hydrogens is 1140 g/mol. The zero-order valence-corrected chi connectivity index (χ0v) is 49.1. The van der Waals surface area contributed by atoms with Crippen molar-refractivity contribution in [2.75, 3.05) is 0 Å². The first-order valence-corrected chi connectivity index (χ1v) is 30.2. The third kappa shape index (κ3) is 10.0. The van der Waals surface area contributed by atoms with E-state index in [1.54, 1.807) is 28.8 Å². The van der Waals surface area contributed by atoms with E-state index < -0.39 is 11.7 Å². The summed E-state index contributed by atoms with van der Waals surface area (Å²) in [5.74, 6) is 0. The Morgan fingerprint density at radius 3 is 0.880 bits per heavy atom. The number of nitrogens with zero attached hydrogens (tertiary/aromatic N) is 7. The highest BCUT2D eigenvalue weighted by molar-refractivity contribution is 6.13. The summed E-state index contributed by atoms with van der Waals surface area (Å²) in [7, 11) is 0. The van der Waals surface area contributed by atoms with Gasteiger partial charge in [0.2, 0.25) is 0 Å². The molecule has 0 bridgehead atoms. The van der Waals surface area contributed by atoms with Gasteiger partial charge in [0.15, 0.2) is 5.69 Å². The third-order valence-electron chi connectivity index (χ3n) is 17.2. The summed E-state index contributed by atoms with van der Waals surface area (Å²) in [5, 5.41) is 3.12. The number of alkyl halides is 3. The van der Waals surface area contributed by atoms with Gasteiger partial charge in [0.25, 0.3) is 0 Å². The molecule has 0 fully saturated rings. The summed E-state index contributed by atoms with van der Waals surface area (Å²) in [6, 6.07) is 97.3. The molecule has 434 valence electrons. The van der Waals surface area contributed by atoms with Gasteiger partial charge < -0.3 is 9.13 Å². The van der Waals surface area contributed by atoms with Gasteiger partial charge in [0.05, 0.1) is 91.1 Å². The minimum absolute atomic E-state index is 0.109. The van der Waals surface area contributed by atoms with E-state index >= 15 is 13.2 Å². The minimum atomic E-state index is -4.94. The molecule has 0 spiro atoms. The molecule has 16 aromatic rings. The van der Waals surface area contributed by atoms with E-state index in [2.05, 4.69) is 4.85 Å². The average Bonchev–Trinajstić information content (AvgIpc) is 1.54. The second-order valence-corrected chi connectivity index (χ2v) is 22.7. The Morgan fingerprint density at radius 2 is 0.565 bits per heavy atom. The molecule has 0 N–H and O–H groups in total. The van der Waals surface area contributed by atoms with Gasteiger partial charge in [-0.05, 0) is 96.6 Å². The number of halogens is 3. The van der Waals surface area contributed by atoms with Crippen LogP contribution in [0, 0.1) is 6.57 Å². The zero-order chi connectivity index (χ0) is 61.9. The van der Waals surface area contributed by atoms with Crippen molar-refractivity contribution in [1.29, 1.82) is 0 Å². The molecule has 0 unspecified atom stereocenters. The first kappa shape index (κ1) is 55.0. The monoisotopic (exact) mass is 1190 g/mol. The highest BCUT2D eigenvalue weighted by atomic mass is 19.4. The van der Waals surface area contributed by atoms with Crippen molar-refractivity contribution in [3.63, 3.8) is 0 Å². The number of pyridine rings is 4. The van der Waals surface area contributed by atoms with Crippen LogP contribution in [-0.2, 0) is 6.18 Å². The van der Waals surface area contributed by atoms with Crippen LogP contribution in [0.15, 0.2) is 303 Å². The molecule has 0 saturated heterocycles. The number of aromatic nitrogens is 6. The SMILES string of the molecule is [C-]#[N+]c1cccc(-c2cc(-n3c4cc(-c5cccc(-c6ccccc6)n5)ccc4c4ccc(-c5cccc(-c6ccccc6)n5)cc43)c(C(F)(F)F)cc2-n2c3cc(-c4cccc(-c5ccccc5)n4)ccc3c3ccc(-c4cccc(-c5ccccc5)n4)cc32)c1. The second-order valence-electron chi connectivity index (χ2n) is 22.7. The molecule has 16 rings (SSSR count). The van der Waals surface area contributed by atoms with Crippen LogP contribution in [-0.4, -0.2) is 29.1 Å². The average molecular weight is 1190 g/mol. The molecule has 0 atom stereocenters. The summed E-state index contributed by atoms with van der Waals surface area (Å²) in [6.45, 7) is 8.27. The summed E-state index contributed by atoms with van der Waals surface area (Å²) < 4.78 is 55.5. The summed E-state index contributed by atoms with van der Waals surface area (Å²) in [4.78, 5) is 24.5. The molecule has 0 radical (unpaired) electrons. The third-order valence-corrected chi connectivity index (χ3v) is 17.2. The van der Waals surface area contributed by atoms with Crippen molar-refractivity contribution in [2.45, 2.75) is 6.18 Å². The first-order chi connectivity index (χ1) is 45.2. The van der Waals surface area contributed by atoms with E-state index in [0.29, 0.717) is 61.7 Å². The molecule has 10 aromatic carbocycles. The molecule has 0 amide bonds. The zero-order valence-electron chi connectivity index (χ0n) is 49.1. The minimum Gasteiger partial charge on any atom is -0.309 e. The first-order valence-electron chi connectivity index (χ1n) is 30.2. The standard InChI is InChI=1S/C82H50F3N7/c1-86-61-28-14-27-56(45-61)66-50-81(92-78-48-59(74-35-17-31-70(89-74)54-23-10-4-11-24-54)39-43-64(78)65-44-40-60(49-79(65)92)75-36-18-32-71(90-75)55-25-12-5-13-26-55)67(82(83,84)85)51-80(66)91-76-46-57(72-33-15-29-68(87-72)52-19-6-2-7-20-52)37-41-62(76)63-42-38-58(47-77(63)91)73-34-16-30-69(88-73)53-21-8-3-9-22-53/h2-51H. The molecular formula is C82H50F3N7. The Bertz CT molecular complexity index is 5300. The topological polar surface area (TPSA) is 65.8 Å². The van der Waals surface area contributed by atoms with E-state index in [0.717, 1.165) is 88.8 Å². The predicted molar refractivity (Wildman–Crippen MR) is 366 cm³/mol. The van der Waals surface area contributed by atoms with Crippen LogP contribution in [0.1, 0.15) is 5.56 Å². The normalized spacial score (nSPS) is 11.6. The van der Waals surface area contributed by atoms with E-state index in [1.807, 2.05) is 278 Å². The van der Waals surface area contributed by atoms with Gasteiger partial charge in [0.1, 0.15) is 0 Å². The van der Waals surface area contributed by atoms with Gasteiger partial charge in [-0.25, -0.2) is 24.8 Å². The molecule has 10 heteroatoms. The Balaban J connectivity index is 0.990. The number of benzene rings is 10. The quantitative estimate of drug-likeness (QED) is 0.121. The van der Waals surface area contributed by atoms with Gasteiger partial charge in [-0.1, -0.05) is 212 Å². The lowest BCUT2D eigenvalue weighted by atomic mass is 9.98. The van der Waals surface area contributed by atoms with Crippen molar-refractivity contribution in [2.24, 2.45) is 0 Å². The van der Waals surface area contributed by atoms with Gasteiger partial charge in [-0.3, -0.25) is 0 Å². The van der Waals surface area contributed by atoms with Crippen LogP contribution >= 0.6 is 0 Å². The Morgan fingerprint density at radius 1 is 0.272 bits per heavy atom. The van der Waals surface area contributed by atoms with Crippen LogP contribution < -0.4 is 0 Å². The highest BCUT2D eigenvalue weighted by Crippen LogP contribution is 2.47. The Kier molecular flexibility index (Phi) is 13.6. The number of fused-ring (bicyclic) bond motifs is 6. The number of rotatable bonds is 11. The van der Waals surface area contributed by atoms with E-state index in [-0.39, 0.29) is 11.4 Å². The van der Waals surface area contributed by atoms with Crippen molar-refractivity contribution >= 4 is 49.3 Å². The van der Waals surface area contributed by atoms with Crippen molar-refractivity contribution < 1.29 is 13.2 Å². The van der Waals surface area contributed by atoms with Gasteiger partial charge in [-0.15, -0.1) is 0 Å². The molecule has 0 saturated carbocycles. The maximum atomic E-state index is 17.3. The summed E-state index contributed by atoms with van der Waals surface area (Å²) in [6.07, 6.45) is -4.94. The fourth-order valence-electron chi connectivity index (χ4n) is 12.8. The maximum absolute atomic E-state index is 17.3. The van der Waals surface area contributed by atoms with Crippen LogP contribution in [0.5, 0.6) is 0 Å². The molecule has 7 nitrogen and oxygen atoms in total. The molecule has 0 aliphatic rings. The van der Waals surface area contributed by atoms with Crippen LogP contribution in [0.3, 0.4) is 0 Å². The molecule has 6 heterocycles. The van der Waals surface area contributed by atoms with Crippen molar-refractivity contribution in [3.8, 4) is 113 Å². The molecule has 92 heavy (non-hydrogen) atoms. The van der Waals surface area contributed by atoms with E-state index in [9.17, 15) is 0 Å². The lowest BCUT2D eigenvalue weighted by Gasteiger charge is -2.22. The lowest BCUT2D eigenvalue weighted by Crippen LogP contribution is -2.13. The molecule has 0 aliphatic heterocycles. The van der Waals surface area contributed by atoms with Gasteiger partial charge in [0, 0.05) is 71.6 Å². The molecule has 0 aliphatic carbocycles. The largest absolute Gasteiger partial charge is 0.418 e. The highest BCUT2D eigenvalue weighted by Gasteiger charge is 2.37. The van der Waals surface area contributed by atoms with Crippen LogP contribution in [0.2, 0.25) is 0 Å².